The molecule has 0 heterocycles. The van der Waals surface area contributed by atoms with Crippen molar-refractivity contribution in [1.82, 2.24) is 5.32 Å². The van der Waals surface area contributed by atoms with Crippen molar-refractivity contribution in [3.63, 3.8) is 0 Å². The fourth-order valence-electron chi connectivity index (χ4n) is 2.09. The Kier molecular flexibility index (Phi) is 5.69. The summed E-state index contributed by atoms with van der Waals surface area (Å²) in [5.74, 6) is 0.967. The molecule has 0 atom stereocenters. The second-order valence-electron chi connectivity index (χ2n) is 5.28. The van der Waals surface area contributed by atoms with Crippen molar-refractivity contribution in [3.05, 3.63) is 35.4 Å². The Labute approximate surface area is 111 Å². The van der Waals surface area contributed by atoms with Gasteiger partial charge < -0.3 is 10.1 Å². The van der Waals surface area contributed by atoms with Crippen LogP contribution in [0.15, 0.2) is 24.3 Å². The maximum absolute atomic E-state index is 5.73. The van der Waals surface area contributed by atoms with Crippen LogP contribution in [0.4, 0.5) is 0 Å². The van der Waals surface area contributed by atoms with Gasteiger partial charge in [-0.1, -0.05) is 44.0 Å². The molecule has 0 unspecified atom stereocenters. The van der Waals surface area contributed by atoms with Crippen molar-refractivity contribution in [2.45, 2.75) is 45.8 Å². The van der Waals surface area contributed by atoms with Gasteiger partial charge in [0.15, 0.2) is 0 Å². The maximum atomic E-state index is 5.73. The van der Waals surface area contributed by atoms with Gasteiger partial charge in [-0.05, 0) is 36.4 Å². The molecule has 2 heteroatoms. The molecule has 1 aliphatic carbocycles. The summed E-state index contributed by atoms with van der Waals surface area (Å²) in [6.45, 7) is 5.92. The second-order valence-corrected chi connectivity index (χ2v) is 5.28. The van der Waals surface area contributed by atoms with Crippen LogP contribution in [0.3, 0.4) is 0 Å². The highest BCUT2D eigenvalue weighted by Crippen LogP contribution is 2.32. The van der Waals surface area contributed by atoms with Gasteiger partial charge in [-0.25, -0.2) is 0 Å². The molecule has 0 aliphatic heterocycles. The zero-order valence-corrected chi connectivity index (χ0v) is 11.5. The molecule has 18 heavy (non-hydrogen) atoms. The van der Waals surface area contributed by atoms with E-state index in [0.29, 0.717) is 0 Å². The van der Waals surface area contributed by atoms with E-state index in [-0.39, 0.29) is 0 Å². The summed E-state index contributed by atoms with van der Waals surface area (Å²) in [5.41, 5.74) is 2.65. The topological polar surface area (TPSA) is 21.3 Å². The first-order valence-electron chi connectivity index (χ1n) is 7.24. The van der Waals surface area contributed by atoms with Crippen LogP contribution in [0.2, 0.25) is 0 Å². The van der Waals surface area contributed by atoms with Crippen molar-refractivity contribution in [2.24, 2.45) is 5.92 Å². The predicted octanol–water partition coefficient (Wildman–Crippen LogP) is 3.50. The van der Waals surface area contributed by atoms with Crippen LogP contribution in [0.1, 0.15) is 43.7 Å². The van der Waals surface area contributed by atoms with Gasteiger partial charge in [0.1, 0.15) is 0 Å². The SMILES string of the molecule is CCCNCc1cccc(COCCC2CC2)c1. The molecule has 0 aromatic heterocycles. The predicted molar refractivity (Wildman–Crippen MR) is 75.4 cm³/mol. The normalized spacial score (nSPS) is 14.9. The smallest absolute Gasteiger partial charge is 0.0716 e. The largest absolute Gasteiger partial charge is 0.377 e. The molecule has 1 fully saturated rings. The van der Waals surface area contributed by atoms with E-state index in [1.807, 2.05) is 0 Å². The Morgan fingerprint density at radius 1 is 1.28 bits per heavy atom. The first kappa shape index (κ1) is 13.6. The lowest BCUT2D eigenvalue weighted by Gasteiger charge is -2.07. The van der Waals surface area contributed by atoms with E-state index in [0.717, 1.165) is 32.2 Å². The molecule has 1 aromatic carbocycles. The van der Waals surface area contributed by atoms with E-state index in [4.69, 9.17) is 4.74 Å². The number of ether oxygens (including phenoxy) is 1. The lowest BCUT2D eigenvalue weighted by Crippen LogP contribution is -2.13. The van der Waals surface area contributed by atoms with Crippen molar-refractivity contribution < 1.29 is 4.74 Å². The Morgan fingerprint density at radius 3 is 2.89 bits per heavy atom. The van der Waals surface area contributed by atoms with E-state index in [1.54, 1.807) is 0 Å². The Hall–Kier alpha value is -0.860. The van der Waals surface area contributed by atoms with Crippen molar-refractivity contribution >= 4 is 0 Å². The van der Waals surface area contributed by atoms with Crippen LogP contribution in [-0.2, 0) is 17.9 Å². The van der Waals surface area contributed by atoms with E-state index < -0.39 is 0 Å². The monoisotopic (exact) mass is 247 g/mol. The lowest BCUT2D eigenvalue weighted by molar-refractivity contribution is 0.115. The fraction of sp³-hybridized carbons (Fsp3) is 0.625. The number of hydrogen-bond donors (Lipinski definition) is 1. The molecule has 0 radical (unpaired) electrons. The van der Waals surface area contributed by atoms with E-state index >= 15 is 0 Å². The fourth-order valence-corrected chi connectivity index (χ4v) is 2.09. The van der Waals surface area contributed by atoms with Gasteiger partial charge in [0, 0.05) is 13.2 Å². The summed E-state index contributed by atoms with van der Waals surface area (Å²) < 4.78 is 5.73. The minimum atomic E-state index is 0.758. The van der Waals surface area contributed by atoms with Crippen LogP contribution in [0.5, 0.6) is 0 Å². The summed E-state index contributed by atoms with van der Waals surface area (Å²) in [5, 5.41) is 3.43. The van der Waals surface area contributed by atoms with Crippen molar-refractivity contribution in [2.75, 3.05) is 13.2 Å². The first-order valence-corrected chi connectivity index (χ1v) is 7.24. The quantitative estimate of drug-likeness (QED) is 0.674. The summed E-state index contributed by atoms with van der Waals surface area (Å²) in [6, 6.07) is 8.71. The first-order chi connectivity index (χ1) is 8.88. The molecule has 2 rings (SSSR count). The summed E-state index contributed by atoms with van der Waals surface area (Å²) in [6.07, 6.45) is 5.27. The Bertz CT molecular complexity index is 347. The zero-order chi connectivity index (χ0) is 12.6. The van der Waals surface area contributed by atoms with Gasteiger partial charge in [-0.3, -0.25) is 0 Å². The minimum Gasteiger partial charge on any atom is -0.377 e. The van der Waals surface area contributed by atoms with Crippen LogP contribution in [-0.4, -0.2) is 13.2 Å². The molecule has 2 nitrogen and oxygen atoms in total. The summed E-state index contributed by atoms with van der Waals surface area (Å²) in [4.78, 5) is 0. The van der Waals surface area contributed by atoms with E-state index in [1.165, 1.54) is 36.8 Å². The molecular formula is C16H25NO. The third kappa shape index (κ3) is 5.19. The molecule has 1 aromatic rings. The molecule has 100 valence electrons. The highest BCUT2D eigenvalue weighted by molar-refractivity contribution is 5.22. The Balaban J connectivity index is 1.68. The molecular weight excluding hydrogens is 222 g/mol. The summed E-state index contributed by atoms with van der Waals surface area (Å²) in [7, 11) is 0. The molecule has 0 amide bonds. The summed E-state index contributed by atoms with van der Waals surface area (Å²) >= 11 is 0. The third-order valence-corrected chi connectivity index (χ3v) is 3.38. The maximum Gasteiger partial charge on any atom is 0.0716 e. The molecule has 0 spiro atoms. The third-order valence-electron chi connectivity index (χ3n) is 3.38. The van der Waals surface area contributed by atoms with Gasteiger partial charge in [-0.2, -0.15) is 0 Å². The molecule has 0 saturated heterocycles. The highest BCUT2D eigenvalue weighted by atomic mass is 16.5. The molecule has 1 N–H and O–H groups in total. The number of nitrogens with one attached hydrogen (secondary N) is 1. The molecule has 0 bridgehead atoms. The standard InChI is InChI=1S/C16H25NO/c1-2-9-17-12-15-4-3-5-16(11-15)13-18-10-8-14-6-7-14/h3-5,11,14,17H,2,6-10,12-13H2,1H3. The zero-order valence-electron chi connectivity index (χ0n) is 11.5. The lowest BCUT2D eigenvalue weighted by atomic mass is 10.1. The average Bonchev–Trinajstić information content (AvgIpc) is 3.20. The van der Waals surface area contributed by atoms with Crippen LogP contribution < -0.4 is 5.32 Å². The molecule has 1 aliphatic rings. The van der Waals surface area contributed by atoms with Crippen LogP contribution >= 0.6 is 0 Å². The average molecular weight is 247 g/mol. The van der Waals surface area contributed by atoms with Gasteiger partial charge in [0.2, 0.25) is 0 Å². The van der Waals surface area contributed by atoms with Gasteiger partial charge in [0.05, 0.1) is 6.61 Å². The second kappa shape index (κ2) is 7.55. The number of rotatable bonds is 9. The van der Waals surface area contributed by atoms with E-state index in [9.17, 15) is 0 Å². The molecule has 1 saturated carbocycles. The van der Waals surface area contributed by atoms with Gasteiger partial charge in [0.25, 0.3) is 0 Å². The van der Waals surface area contributed by atoms with Crippen LogP contribution in [0, 0.1) is 5.92 Å². The van der Waals surface area contributed by atoms with Crippen molar-refractivity contribution in [1.29, 1.82) is 0 Å². The number of benzene rings is 1. The Morgan fingerprint density at radius 2 is 2.11 bits per heavy atom. The minimum absolute atomic E-state index is 0.758. The number of hydrogen-bond acceptors (Lipinski definition) is 2. The van der Waals surface area contributed by atoms with E-state index in [2.05, 4.69) is 36.5 Å². The van der Waals surface area contributed by atoms with Crippen molar-refractivity contribution in [3.8, 4) is 0 Å². The van der Waals surface area contributed by atoms with Gasteiger partial charge in [-0.15, -0.1) is 0 Å². The van der Waals surface area contributed by atoms with Crippen LogP contribution in [0.25, 0.3) is 0 Å². The van der Waals surface area contributed by atoms with Gasteiger partial charge >= 0.3 is 0 Å². The highest BCUT2D eigenvalue weighted by Gasteiger charge is 2.20.